The SMILES string of the molecule is Cl.Cl.O=C(NCC1CCN(c2ccc(F)cc2)C1)C1CCCNC1. The summed E-state index contributed by atoms with van der Waals surface area (Å²) >= 11 is 0. The molecule has 7 heteroatoms. The van der Waals surface area contributed by atoms with E-state index in [4.69, 9.17) is 0 Å². The molecule has 1 aromatic rings. The number of carbonyl (C=O) groups is 1. The summed E-state index contributed by atoms with van der Waals surface area (Å²) in [7, 11) is 0. The number of anilines is 1. The third-order valence-electron chi connectivity index (χ3n) is 4.71. The van der Waals surface area contributed by atoms with Crippen molar-refractivity contribution in [1.29, 1.82) is 0 Å². The topological polar surface area (TPSA) is 44.4 Å². The molecule has 0 spiro atoms. The Bertz CT molecular complexity index is 509. The van der Waals surface area contributed by atoms with Crippen LogP contribution in [0.15, 0.2) is 24.3 Å². The van der Waals surface area contributed by atoms with Crippen LogP contribution < -0.4 is 15.5 Å². The average molecular weight is 378 g/mol. The van der Waals surface area contributed by atoms with Gasteiger partial charge in [0.05, 0.1) is 5.92 Å². The second-order valence-corrected chi connectivity index (χ2v) is 6.37. The number of hydrogen-bond acceptors (Lipinski definition) is 3. The fourth-order valence-corrected chi connectivity index (χ4v) is 3.35. The molecule has 24 heavy (non-hydrogen) atoms. The van der Waals surface area contributed by atoms with Crippen molar-refractivity contribution in [3.05, 3.63) is 30.1 Å². The molecule has 0 aromatic heterocycles. The van der Waals surface area contributed by atoms with Crippen LogP contribution in [0.4, 0.5) is 10.1 Å². The number of nitrogens with one attached hydrogen (secondary N) is 2. The Labute approximate surface area is 155 Å². The van der Waals surface area contributed by atoms with Crippen molar-refractivity contribution in [1.82, 2.24) is 10.6 Å². The number of piperidine rings is 1. The molecule has 136 valence electrons. The number of hydrogen-bond donors (Lipinski definition) is 2. The van der Waals surface area contributed by atoms with E-state index in [1.807, 2.05) is 12.1 Å². The average Bonchev–Trinajstić information content (AvgIpc) is 3.03. The summed E-state index contributed by atoms with van der Waals surface area (Å²) in [5.41, 5.74) is 1.06. The fourth-order valence-electron chi connectivity index (χ4n) is 3.35. The first-order valence-electron chi connectivity index (χ1n) is 8.21. The lowest BCUT2D eigenvalue weighted by Crippen LogP contribution is -2.42. The maximum Gasteiger partial charge on any atom is 0.224 e. The molecule has 0 radical (unpaired) electrons. The highest BCUT2D eigenvalue weighted by molar-refractivity contribution is 5.85. The van der Waals surface area contributed by atoms with Crippen molar-refractivity contribution in [3.8, 4) is 0 Å². The predicted octanol–water partition coefficient (Wildman–Crippen LogP) is 2.61. The minimum atomic E-state index is -0.201. The van der Waals surface area contributed by atoms with Gasteiger partial charge in [-0.15, -0.1) is 24.8 Å². The molecule has 0 bridgehead atoms. The molecule has 2 heterocycles. The van der Waals surface area contributed by atoms with Gasteiger partial charge in [0.1, 0.15) is 5.82 Å². The summed E-state index contributed by atoms with van der Waals surface area (Å²) in [5, 5.41) is 6.39. The molecule has 3 rings (SSSR count). The molecule has 2 atom stereocenters. The maximum absolute atomic E-state index is 13.0. The third kappa shape index (κ3) is 5.50. The second kappa shape index (κ2) is 10.1. The lowest BCUT2D eigenvalue weighted by Gasteiger charge is -2.23. The van der Waals surface area contributed by atoms with E-state index in [9.17, 15) is 9.18 Å². The highest BCUT2D eigenvalue weighted by atomic mass is 35.5. The highest BCUT2D eigenvalue weighted by Gasteiger charge is 2.25. The first-order valence-corrected chi connectivity index (χ1v) is 8.21. The Morgan fingerprint density at radius 1 is 1.25 bits per heavy atom. The molecule has 0 aliphatic carbocycles. The van der Waals surface area contributed by atoms with Gasteiger partial charge in [-0.1, -0.05) is 0 Å². The molecule has 2 aliphatic rings. The molecule has 2 unspecified atom stereocenters. The summed E-state index contributed by atoms with van der Waals surface area (Å²) in [5.74, 6) is 0.592. The van der Waals surface area contributed by atoms with E-state index in [1.165, 1.54) is 12.1 Å². The van der Waals surface area contributed by atoms with E-state index < -0.39 is 0 Å². The normalized spacial score (nSPS) is 23.1. The number of carbonyl (C=O) groups excluding carboxylic acids is 1. The number of amides is 1. The Balaban J connectivity index is 0.00000144. The number of halogens is 3. The van der Waals surface area contributed by atoms with Gasteiger partial charge in [0.25, 0.3) is 0 Å². The summed E-state index contributed by atoms with van der Waals surface area (Å²) in [6, 6.07) is 6.65. The van der Waals surface area contributed by atoms with Crippen LogP contribution in [0, 0.1) is 17.7 Å². The summed E-state index contributed by atoms with van der Waals surface area (Å²) < 4.78 is 13.0. The van der Waals surface area contributed by atoms with Crippen LogP contribution >= 0.6 is 24.8 Å². The minimum Gasteiger partial charge on any atom is -0.371 e. The smallest absolute Gasteiger partial charge is 0.224 e. The zero-order valence-corrected chi connectivity index (χ0v) is 15.3. The fraction of sp³-hybridized carbons (Fsp3) is 0.588. The van der Waals surface area contributed by atoms with Crippen LogP contribution in [-0.2, 0) is 4.79 Å². The van der Waals surface area contributed by atoms with Crippen LogP contribution in [0.3, 0.4) is 0 Å². The molecule has 2 saturated heterocycles. The first-order chi connectivity index (χ1) is 10.7. The second-order valence-electron chi connectivity index (χ2n) is 6.37. The number of rotatable bonds is 4. The Hall–Kier alpha value is -1.04. The summed E-state index contributed by atoms with van der Waals surface area (Å²) in [6.07, 6.45) is 3.14. The van der Waals surface area contributed by atoms with Gasteiger partial charge in [0.2, 0.25) is 5.91 Å². The van der Waals surface area contributed by atoms with E-state index >= 15 is 0 Å². The Morgan fingerprint density at radius 3 is 2.67 bits per heavy atom. The van der Waals surface area contributed by atoms with Gasteiger partial charge in [0, 0.05) is 31.9 Å². The van der Waals surface area contributed by atoms with Crippen molar-refractivity contribution in [2.24, 2.45) is 11.8 Å². The van der Waals surface area contributed by atoms with Crippen molar-refractivity contribution in [2.75, 3.05) is 37.6 Å². The molecule has 2 fully saturated rings. The molecule has 4 nitrogen and oxygen atoms in total. The van der Waals surface area contributed by atoms with Crippen molar-refractivity contribution < 1.29 is 9.18 Å². The molecule has 0 saturated carbocycles. The standard InChI is InChI=1S/C17H24FN3O.2ClH/c18-15-3-5-16(6-4-15)21-9-7-13(12-21)10-20-17(22)14-2-1-8-19-11-14;;/h3-6,13-14,19H,1-2,7-12H2,(H,20,22);2*1H. The molecular weight excluding hydrogens is 352 g/mol. The molecule has 1 aromatic carbocycles. The van der Waals surface area contributed by atoms with Crippen molar-refractivity contribution in [2.45, 2.75) is 19.3 Å². The van der Waals surface area contributed by atoms with E-state index in [1.54, 1.807) is 0 Å². The van der Waals surface area contributed by atoms with Gasteiger partial charge >= 0.3 is 0 Å². The third-order valence-corrected chi connectivity index (χ3v) is 4.71. The lowest BCUT2D eigenvalue weighted by molar-refractivity contribution is -0.125. The van der Waals surface area contributed by atoms with Crippen LogP contribution in [0.25, 0.3) is 0 Å². The van der Waals surface area contributed by atoms with Gasteiger partial charge in [-0.3, -0.25) is 4.79 Å². The number of benzene rings is 1. The summed E-state index contributed by atoms with van der Waals surface area (Å²) in [6.45, 7) is 4.47. The van der Waals surface area contributed by atoms with E-state index in [-0.39, 0.29) is 42.5 Å². The molecule has 2 aliphatic heterocycles. The zero-order chi connectivity index (χ0) is 15.4. The summed E-state index contributed by atoms with van der Waals surface area (Å²) in [4.78, 5) is 14.4. The largest absolute Gasteiger partial charge is 0.371 e. The first kappa shape index (κ1) is 21.0. The highest BCUT2D eigenvalue weighted by Crippen LogP contribution is 2.23. The van der Waals surface area contributed by atoms with E-state index in [2.05, 4.69) is 15.5 Å². The Morgan fingerprint density at radius 2 is 2.00 bits per heavy atom. The molecular formula is C17H26Cl2FN3O. The van der Waals surface area contributed by atoms with Crippen LogP contribution in [0.1, 0.15) is 19.3 Å². The monoisotopic (exact) mass is 377 g/mol. The zero-order valence-electron chi connectivity index (χ0n) is 13.7. The quantitative estimate of drug-likeness (QED) is 0.847. The minimum absolute atomic E-state index is 0. The van der Waals surface area contributed by atoms with Gasteiger partial charge in [-0.25, -0.2) is 4.39 Å². The van der Waals surface area contributed by atoms with Gasteiger partial charge in [-0.05, 0) is 56.0 Å². The van der Waals surface area contributed by atoms with Crippen LogP contribution in [0.5, 0.6) is 0 Å². The predicted molar refractivity (Wildman–Crippen MR) is 99.8 cm³/mol. The van der Waals surface area contributed by atoms with Crippen LogP contribution in [0.2, 0.25) is 0 Å². The molecule has 2 N–H and O–H groups in total. The number of nitrogens with zero attached hydrogens (tertiary/aromatic N) is 1. The van der Waals surface area contributed by atoms with Crippen molar-refractivity contribution in [3.63, 3.8) is 0 Å². The van der Waals surface area contributed by atoms with Crippen LogP contribution in [-0.4, -0.2) is 38.6 Å². The lowest BCUT2D eigenvalue weighted by atomic mass is 9.98. The van der Waals surface area contributed by atoms with Gasteiger partial charge in [-0.2, -0.15) is 0 Å². The van der Waals surface area contributed by atoms with Gasteiger partial charge in [0.15, 0.2) is 0 Å². The Kier molecular flexibility index (Phi) is 8.81. The van der Waals surface area contributed by atoms with Gasteiger partial charge < -0.3 is 15.5 Å². The van der Waals surface area contributed by atoms with E-state index in [0.717, 1.165) is 57.7 Å². The van der Waals surface area contributed by atoms with Crippen molar-refractivity contribution >= 4 is 36.4 Å². The molecule has 1 amide bonds. The van der Waals surface area contributed by atoms with E-state index in [0.29, 0.717) is 5.92 Å². The maximum atomic E-state index is 13.0.